The number of carbonyl (C=O) groups excluding carboxylic acids is 1. The van der Waals surface area contributed by atoms with Crippen LogP contribution in [0.2, 0.25) is 0 Å². The number of ether oxygens (including phenoxy) is 1. The van der Waals surface area contributed by atoms with E-state index in [1.54, 1.807) is 30.3 Å². The smallest absolute Gasteiger partial charge is 0.401 e. The first-order valence-electron chi connectivity index (χ1n) is 12.5. The molecule has 0 saturated heterocycles. The molecule has 4 aromatic rings. The molecule has 210 valence electrons. The van der Waals surface area contributed by atoms with Crippen molar-refractivity contribution in [1.82, 2.24) is 24.9 Å². The summed E-state index contributed by atoms with van der Waals surface area (Å²) >= 11 is 0. The Labute approximate surface area is 226 Å². The van der Waals surface area contributed by atoms with Crippen LogP contribution in [0.1, 0.15) is 55.4 Å². The maximum atomic E-state index is 14.8. The van der Waals surface area contributed by atoms with Crippen molar-refractivity contribution in [3.05, 3.63) is 71.4 Å². The van der Waals surface area contributed by atoms with Gasteiger partial charge in [-0.25, -0.2) is 14.4 Å². The molecule has 1 fully saturated rings. The van der Waals surface area contributed by atoms with Gasteiger partial charge in [-0.3, -0.25) is 9.48 Å². The van der Waals surface area contributed by atoms with Crippen LogP contribution in [0, 0.1) is 5.82 Å². The molecule has 0 unspecified atom stereocenters. The second-order valence-electron chi connectivity index (χ2n) is 9.99. The van der Waals surface area contributed by atoms with Crippen LogP contribution >= 0.6 is 0 Å². The molecule has 1 N–H and O–H groups in total. The molecule has 0 radical (unpaired) electrons. The predicted octanol–water partition coefficient (Wildman–Crippen LogP) is 5.42. The topological polar surface area (TPSA) is 108 Å². The van der Waals surface area contributed by atoms with E-state index in [1.807, 2.05) is 20.0 Å². The van der Waals surface area contributed by atoms with E-state index in [0.717, 1.165) is 11.6 Å². The molecule has 1 saturated carbocycles. The third-order valence-corrected chi connectivity index (χ3v) is 6.82. The van der Waals surface area contributed by atoms with Gasteiger partial charge in [-0.2, -0.15) is 13.2 Å². The summed E-state index contributed by atoms with van der Waals surface area (Å²) in [6.07, 6.45) is 0.459. The minimum atomic E-state index is -4.46. The zero-order valence-electron chi connectivity index (χ0n) is 21.9. The Hall–Kier alpha value is -4.29. The summed E-state index contributed by atoms with van der Waals surface area (Å²) in [6, 6.07) is 5.59. The summed E-state index contributed by atoms with van der Waals surface area (Å²) in [7, 11) is 1.55. The first kappa shape index (κ1) is 27.3. The number of amides is 1. The van der Waals surface area contributed by atoms with E-state index in [1.165, 1.54) is 12.1 Å². The van der Waals surface area contributed by atoms with Crippen molar-refractivity contribution in [2.24, 2.45) is 0 Å². The van der Waals surface area contributed by atoms with Gasteiger partial charge in [0.15, 0.2) is 11.6 Å². The maximum absolute atomic E-state index is 14.8. The van der Waals surface area contributed by atoms with Gasteiger partial charge in [-0.1, -0.05) is 17.3 Å². The molecule has 13 heteroatoms. The fourth-order valence-corrected chi connectivity index (χ4v) is 4.32. The highest BCUT2D eigenvalue weighted by atomic mass is 19.4. The third-order valence-electron chi connectivity index (χ3n) is 6.82. The second kappa shape index (κ2) is 10.4. The number of alkyl halides is 3. The van der Waals surface area contributed by atoms with Crippen molar-refractivity contribution in [3.63, 3.8) is 0 Å². The van der Waals surface area contributed by atoms with Crippen LogP contribution in [0.5, 0.6) is 5.88 Å². The Morgan fingerprint density at radius 3 is 2.48 bits per heavy atom. The number of carbonyl (C=O) groups is 1. The van der Waals surface area contributed by atoms with E-state index in [9.17, 15) is 22.4 Å². The van der Waals surface area contributed by atoms with E-state index in [0.29, 0.717) is 29.3 Å². The molecule has 3 aromatic heterocycles. The number of benzene rings is 1. The zero-order valence-corrected chi connectivity index (χ0v) is 21.9. The molecule has 1 aliphatic carbocycles. The molecule has 40 heavy (non-hydrogen) atoms. The van der Waals surface area contributed by atoms with E-state index < -0.39 is 23.3 Å². The minimum absolute atomic E-state index is 0.0941. The number of hydrogen-bond acceptors (Lipinski definition) is 7. The predicted molar refractivity (Wildman–Crippen MR) is 135 cm³/mol. The van der Waals surface area contributed by atoms with Crippen LogP contribution < -0.4 is 10.1 Å². The molecule has 0 bridgehead atoms. The maximum Gasteiger partial charge on any atom is 0.401 e. The molecule has 1 aliphatic rings. The highest BCUT2D eigenvalue weighted by Gasteiger charge is 2.66. The monoisotopic (exact) mass is 558 g/mol. The fourth-order valence-electron chi connectivity index (χ4n) is 4.32. The number of nitrogens with zero attached hydrogens (tertiary/aromatic N) is 5. The highest BCUT2D eigenvalue weighted by molar-refractivity contribution is 5.91. The number of rotatable bonds is 9. The van der Waals surface area contributed by atoms with Gasteiger partial charge in [0.1, 0.15) is 17.1 Å². The van der Waals surface area contributed by atoms with Crippen LogP contribution in [0.25, 0.3) is 11.1 Å². The first-order chi connectivity index (χ1) is 19.0. The Balaban J connectivity index is 1.22. The van der Waals surface area contributed by atoms with E-state index in [2.05, 4.69) is 25.5 Å². The Morgan fingerprint density at radius 1 is 1.15 bits per heavy atom. The lowest BCUT2D eigenvalue weighted by Gasteiger charge is -2.14. The summed E-state index contributed by atoms with van der Waals surface area (Å²) < 4.78 is 66.6. The van der Waals surface area contributed by atoms with Crippen molar-refractivity contribution in [3.8, 4) is 17.0 Å². The van der Waals surface area contributed by atoms with Crippen molar-refractivity contribution in [1.29, 1.82) is 0 Å². The third kappa shape index (κ3) is 5.40. The Bertz CT molecular complexity index is 1520. The molecule has 0 spiro atoms. The lowest BCUT2D eigenvalue weighted by molar-refractivity contribution is -0.165. The number of hydrogen-bond donors (Lipinski definition) is 1. The van der Waals surface area contributed by atoms with E-state index >= 15 is 0 Å². The zero-order chi connectivity index (χ0) is 28.7. The summed E-state index contributed by atoms with van der Waals surface area (Å²) in [5.41, 5.74) is -0.00668. The van der Waals surface area contributed by atoms with Gasteiger partial charge in [0, 0.05) is 48.2 Å². The van der Waals surface area contributed by atoms with Crippen molar-refractivity contribution >= 4 is 11.7 Å². The van der Waals surface area contributed by atoms with Gasteiger partial charge >= 0.3 is 6.18 Å². The highest BCUT2D eigenvalue weighted by Crippen LogP contribution is 2.59. The van der Waals surface area contributed by atoms with Gasteiger partial charge in [-0.15, -0.1) is 5.10 Å². The summed E-state index contributed by atoms with van der Waals surface area (Å²) in [5.74, 6) is -0.731. The van der Waals surface area contributed by atoms with Gasteiger partial charge in [0.2, 0.25) is 11.8 Å². The molecular formula is C27H26F4N6O3. The first-order valence-corrected chi connectivity index (χ1v) is 12.5. The Kier molecular flexibility index (Phi) is 7.06. The van der Waals surface area contributed by atoms with E-state index in [-0.39, 0.29) is 42.4 Å². The number of nitrogens with one attached hydrogen (secondary N) is 1. The summed E-state index contributed by atoms with van der Waals surface area (Å²) in [5, 5.41) is 10.3. The van der Waals surface area contributed by atoms with Crippen molar-refractivity contribution < 1.29 is 31.6 Å². The van der Waals surface area contributed by atoms with Gasteiger partial charge in [-0.05, 0) is 43.9 Å². The van der Waals surface area contributed by atoms with Gasteiger partial charge in [0.05, 0.1) is 13.5 Å². The van der Waals surface area contributed by atoms with Gasteiger partial charge < -0.3 is 14.6 Å². The SMILES string of the molecule is COc1nn(C(C)C)cc1Cc1ncc(-c2ccc(CC(=O)Nc3cc(C4(C(F)(F)F)CC4)on3)c(F)c2)cn1. The molecule has 0 aliphatic heterocycles. The Morgan fingerprint density at radius 2 is 1.88 bits per heavy atom. The van der Waals surface area contributed by atoms with Crippen LogP contribution in [0.15, 0.2) is 47.4 Å². The average Bonchev–Trinajstić information content (AvgIpc) is 3.44. The van der Waals surface area contributed by atoms with E-state index in [4.69, 9.17) is 9.26 Å². The lowest BCUT2D eigenvalue weighted by atomic mass is 10.0. The number of anilines is 1. The van der Waals surface area contributed by atoms with Crippen molar-refractivity contribution in [2.75, 3.05) is 12.4 Å². The molecule has 1 amide bonds. The van der Waals surface area contributed by atoms with Crippen LogP contribution in [0.3, 0.4) is 0 Å². The number of aromatic nitrogens is 5. The quantitative estimate of drug-likeness (QED) is 0.273. The number of halogens is 4. The largest absolute Gasteiger partial charge is 0.480 e. The molecular weight excluding hydrogens is 532 g/mol. The average molecular weight is 559 g/mol. The van der Waals surface area contributed by atoms with Crippen LogP contribution in [-0.4, -0.2) is 44.1 Å². The summed E-state index contributed by atoms with van der Waals surface area (Å²) in [6.45, 7) is 4.02. The molecule has 9 nitrogen and oxygen atoms in total. The van der Waals surface area contributed by atoms with Gasteiger partial charge in [0.25, 0.3) is 0 Å². The lowest BCUT2D eigenvalue weighted by Crippen LogP contribution is -2.28. The minimum Gasteiger partial charge on any atom is -0.480 e. The fraction of sp³-hybridized carbons (Fsp3) is 0.370. The van der Waals surface area contributed by atoms with Crippen molar-refractivity contribution in [2.45, 2.75) is 57.2 Å². The molecule has 5 rings (SSSR count). The number of methoxy groups -OCH3 is 1. The molecule has 1 aromatic carbocycles. The molecule has 0 atom stereocenters. The second-order valence-corrected chi connectivity index (χ2v) is 9.99. The van der Waals surface area contributed by atoms with Crippen LogP contribution in [-0.2, 0) is 23.1 Å². The van der Waals surface area contributed by atoms with Crippen LogP contribution in [0.4, 0.5) is 23.4 Å². The standard InChI is InChI=1S/C27H26F4N6O3/c1-15(2)37-14-18(25(35-37)39-3)9-22-32-12-19(13-33-22)16-4-5-17(20(28)8-16)10-24(38)34-23-11-21(40-36-23)26(6-7-26)27(29,30)31/h4-5,8,11-15H,6-7,9-10H2,1-3H3,(H,34,36,38). The molecule has 3 heterocycles. The summed E-state index contributed by atoms with van der Waals surface area (Å²) in [4.78, 5) is 21.2. The normalized spacial score (nSPS) is 14.4.